The molecule has 0 unspecified atom stereocenters. The molecule has 1 aromatic heterocycles. The molecule has 1 aromatic rings. The minimum Gasteiger partial charge on any atom is -0.487 e. The lowest BCUT2D eigenvalue weighted by atomic mass is 10.0. The molecule has 0 fully saturated rings. The molecule has 2 nitrogen and oxygen atoms in total. The first-order chi connectivity index (χ1) is 7.30. The molecule has 0 bridgehead atoms. The second kappa shape index (κ2) is 6.85. The van der Waals surface area contributed by atoms with Gasteiger partial charge in [-0.25, -0.2) is 0 Å². The van der Waals surface area contributed by atoms with E-state index in [4.69, 9.17) is 4.74 Å². The van der Waals surface area contributed by atoms with Crippen LogP contribution in [0.5, 0.6) is 5.06 Å². The van der Waals surface area contributed by atoms with Gasteiger partial charge < -0.3 is 10.1 Å². The quantitative estimate of drug-likeness (QED) is 0.772. The van der Waals surface area contributed by atoms with Crippen molar-refractivity contribution in [2.24, 2.45) is 5.92 Å². The highest BCUT2D eigenvalue weighted by atomic mass is 32.1. The average Bonchev–Trinajstić information content (AvgIpc) is 2.72. The van der Waals surface area contributed by atoms with Crippen LogP contribution in [0.3, 0.4) is 0 Å². The van der Waals surface area contributed by atoms with E-state index in [0.29, 0.717) is 0 Å². The van der Waals surface area contributed by atoms with Crippen molar-refractivity contribution in [1.29, 1.82) is 0 Å². The third-order valence-corrected chi connectivity index (χ3v) is 3.77. The van der Waals surface area contributed by atoms with E-state index in [1.54, 1.807) is 18.4 Å². The second-order valence-electron chi connectivity index (χ2n) is 3.74. The van der Waals surface area contributed by atoms with Gasteiger partial charge in [-0.05, 0) is 24.6 Å². The average molecular weight is 227 g/mol. The molecular weight excluding hydrogens is 206 g/mol. The van der Waals surface area contributed by atoms with Crippen LogP contribution in [0, 0.1) is 5.92 Å². The van der Waals surface area contributed by atoms with Gasteiger partial charge >= 0.3 is 0 Å². The molecule has 3 heteroatoms. The molecular formula is C12H21NOS. The van der Waals surface area contributed by atoms with Crippen molar-refractivity contribution in [2.75, 3.05) is 13.7 Å². The van der Waals surface area contributed by atoms with Crippen LogP contribution >= 0.6 is 11.3 Å². The van der Waals surface area contributed by atoms with Gasteiger partial charge in [0, 0.05) is 11.4 Å². The predicted molar refractivity (Wildman–Crippen MR) is 66.6 cm³/mol. The van der Waals surface area contributed by atoms with Crippen molar-refractivity contribution < 1.29 is 4.74 Å². The molecule has 0 radical (unpaired) electrons. The third-order valence-electron chi connectivity index (χ3n) is 2.73. The smallest absolute Gasteiger partial charge is 0.173 e. The Balaban J connectivity index is 2.25. The standard InChI is InChI=1S/C12H21NOS/c1-4-10(5-2)8-13-9-11-6-7-12(14-3)15-11/h6-7,10,13H,4-5,8-9H2,1-3H3. The number of hydrogen-bond donors (Lipinski definition) is 1. The molecule has 0 spiro atoms. The van der Waals surface area contributed by atoms with Crippen molar-refractivity contribution in [2.45, 2.75) is 33.2 Å². The summed E-state index contributed by atoms with van der Waals surface area (Å²) >= 11 is 1.72. The van der Waals surface area contributed by atoms with Crippen LogP contribution in [-0.2, 0) is 6.54 Å². The molecule has 0 aliphatic carbocycles. The summed E-state index contributed by atoms with van der Waals surface area (Å²) in [5.74, 6) is 0.812. The van der Waals surface area contributed by atoms with Gasteiger partial charge in [0.05, 0.1) is 7.11 Å². The second-order valence-corrected chi connectivity index (χ2v) is 4.87. The monoisotopic (exact) mass is 227 g/mol. The van der Waals surface area contributed by atoms with Crippen molar-refractivity contribution in [3.8, 4) is 5.06 Å². The highest BCUT2D eigenvalue weighted by Crippen LogP contribution is 2.23. The molecule has 0 aliphatic rings. The number of rotatable bonds is 7. The van der Waals surface area contributed by atoms with Crippen LogP contribution in [0.1, 0.15) is 31.6 Å². The van der Waals surface area contributed by atoms with Gasteiger partial charge in [-0.3, -0.25) is 0 Å². The van der Waals surface area contributed by atoms with Crippen LogP contribution in [0.4, 0.5) is 0 Å². The third kappa shape index (κ3) is 4.22. The molecule has 0 saturated carbocycles. The first kappa shape index (κ1) is 12.5. The summed E-state index contributed by atoms with van der Waals surface area (Å²) in [6, 6.07) is 4.15. The summed E-state index contributed by atoms with van der Waals surface area (Å²) in [4.78, 5) is 1.35. The number of thiophene rings is 1. The Morgan fingerprint density at radius 1 is 1.33 bits per heavy atom. The Kier molecular flexibility index (Phi) is 5.73. The molecule has 1 rings (SSSR count). The van der Waals surface area contributed by atoms with Gasteiger partial charge in [0.1, 0.15) is 0 Å². The maximum atomic E-state index is 5.16. The van der Waals surface area contributed by atoms with Crippen molar-refractivity contribution >= 4 is 11.3 Å². The number of methoxy groups -OCH3 is 1. The van der Waals surface area contributed by atoms with Crippen LogP contribution in [0.25, 0.3) is 0 Å². The topological polar surface area (TPSA) is 21.3 Å². The van der Waals surface area contributed by atoms with Gasteiger partial charge in [-0.1, -0.05) is 26.7 Å². The molecule has 0 aromatic carbocycles. The maximum absolute atomic E-state index is 5.16. The minimum absolute atomic E-state index is 0.812. The fourth-order valence-electron chi connectivity index (χ4n) is 1.54. The predicted octanol–water partition coefficient (Wildman–Crippen LogP) is 3.28. The van der Waals surface area contributed by atoms with Gasteiger partial charge in [-0.15, -0.1) is 11.3 Å². The zero-order chi connectivity index (χ0) is 11.1. The van der Waals surface area contributed by atoms with Crippen LogP contribution in [-0.4, -0.2) is 13.7 Å². The van der Waals surface area contributed by atoms with Gasteiger partial charge in [0.15, 0.2) is 5.06 Å². The van der Waals surface area contributed by atoms with Crippen LogP contribution < -0.4 is 10.1 Å². The Bertz CT molecular complexity index is 268. The Labute approximate surface area is 96.7 Å². The maximum Gasteiger partial charge on any atom is 0.173 e. The largest absolute Gasteiger partial charge is 0.487 e. The minimum atomic E-state index is 0.812. The fraction of sp³-hybridized carbons (Fsp3) is 0.667. The Hall–Kier alpha value is -0.540. The van der Waals surface area contributed by atoms with Crippen molar-refractivity contribution in [3.05, 3.63) is 17.0 Å². The van der Waals surface area contributed by atoms with E-state index in [1.165, 1.54) is 17.7 Å². The highest BCUT2D eigenvalue weighted by molar-refractivity contribution is 7.13. The van der Waals surface area contributed by atoms with Gasteiger partial charge in [0.25, 0.3) is 0 Å². The lowest BCUT2D eigenvalue weighted by Gasteiger charge is -2.12. The molecule has 1 N–H and O–H groups in total. The highest BCUT2D eigenvalue weighted by Gasteiger charge is 2.03. The van der Waals surface area contributed by atoms with E-state index in [-0.39, 0.29) is 0 Å². The summed E-state index contributed by atoms with van der Waals surface area (Å²) in [7, 11) is 1.72. The Morgan fingerprint density at radius 2 is 2.07 bits per heavy atom. The normalized spacial score (nSPS) is 10.9. The molecule has 86 valence electrons. The molecule has 0 aliphatic heterocycles. The Morgan fingerprint density at radius 3 is 2.60 bits per heavy atom. The van der Waals surface area contributed by atoms with Crippen molar-refractivity contribution in [3.63, 3.8) is 0 Å². The number of hydrogen-bond acceptors (Lipinski definition) is 3. The lowest BCUT2D eigenvalue weighted by molar-refractivity contribution is 0.427. The summed E-state index contributed by atoms with van der Waals surface area (Å²) in [5.41, 5.74) is 0. The summed E-state index contributed by atoms with van der Waals surface area (Å²) in [5, 5.41) is 4.49. The zero-order valence-electron chi connectivity index (χ0n) is 9.88. The van der Waals surface area contributed by atoms with E-state index in [9.17, 15) is 0 Å². The SMILES string of the molecule is CCC(CC)CNCc1ccc(OC)s1. The fourth-order valence-corrected chi connectivity index (χ4v) is 2.33. The van der Waals surface area contributed by atoms with E-state index < -0.39 is 0 Å². The van der Waals surface area contributed by atoms with Crippen LogP contribution in [0.2, 0.25) is 0 Å². The number of ether oxygens (including phenoxy) is 1. The van der Waals surface area contributed by atoms with E-state index in [0.717, 1.165) is 24.1 Å². The van der Waals surface area contributed by atoms with Gasteiger partial charge in [0.2, 0.25) is 0 Å². The molecule has 1 heterocycles. The lowest BCUT2D eigenvalue weighted by Crippen LogP contribution is -2.21. The molecule has 0 amide bonds. The van der Waals surface area contributed by atoms with Crippen LogP contribution in [0.15, 0.2) is 12.1 Å². The molecule has 0 saturated heterocycles. The summed E-state index contributed by atoms with van der Waals surface area (Å²) in [6.07, 6.45) is 2.52. The van der Waals surface area contributed by atoms with Crippen molar-refractivity contribution in [1.82, 2.24) is 5.32 Å². The van der Waals surface area contributed by atoms with E-state index >= 15 is 0 Å². The summed E-state index contributed by atoms with van der Waals surface area (Å²) < 4.78 is 5.16. The van der Waals surface area contributed by atoms with Gasteiger partial charge in [-0.2, -0.15) is 0 Å². The number of nitrogens with one attached hydrogen (secondary N) is 1. The molecule has 15 heavy (non-hydrogen) atoms. The van der Waals surface area contributed by atoms with E-state index in [1.807, 2.05) is 6.07 Å². The first-order valence-corrected chi connectivity index (χ1v) is 6.45. The zero-order valence-corrected chi connectivity index (χ0v) is 10.7. The first-order valence-electron chi connectivity index (χ1n) is 5.63. The molecule has 0 atom stereocenters. The van der Waals surface area contributed by atoms with E-state index in [2.05, 4.69) is 25.2 Å². The summed E-state index contributed by atoms with van der Waals surface area (Å²) in [6.45, 7) is 6.59.